The Morgan fingerprint density at radius 1 is 1.38 bits per heavy atom. The second-order valence-electron chi connectivity index (χ2n) is 3.68. The van der Waals surface area contributed by atoms with Crippen molar-refractivity contribution < 1.29 is 4.42 Å². The number of rotatable bonds is 3. The molecule has 3 nitrogen and oxygen atoms in total. The Morgan fingerprint density at radius 2 is 2.19 bits per heavy atom. The van der Waals surface area contributed by atoms with Crippen LogP contribution in [0.1, 0.15) is 11.3 Å². The van der Waals surface area contributed by atoms with E-state index in [0.717, 1.165) is 22.6 Å². The minimum Gasteiger partial charge on any atom is -0.443 e. The molecule has 1 aromatic carbocycles. The van der Waals surface area contributed by atoms with Gasteiger partial charge in [-0.25, -0.2) is 4.98 Å². The molecule has 0 bridgehead atoms. The highest BCUT2D eigenvalue weighted by molar-refractivity contribution is 6.30. The van der Waals surface area contributed by atoms with Gasteiger partial charge in [-0.1, -0.05) is 11.6 Å². The molecule has 2 aromatic rings. The summed E-state index contributed by atoms with van der Waals surface area (Å²) >= 11 is 6.02. The number of nitrogens with zero attached hydrogens (tertiary/aromatic N) is 1. The van der Waals surface area contributed by atoms with E-state index in [1.165, 1.54) is 6.39 Å². The van der Waals surface area contributed by atoms with Crippen LogP contribution in [-0.4, -0.2) is 12.0 Å². The fourth-order valence-electron chi connectivity index (χ4n) is 1.66. The van der Waals surface area contributed by atoms with Gasteiger partial charge in [0.05, 0.1) is 0 Å². The third-order valence-electron chi connectivity index (χ3n) is 2.29. The number of oxazole rings is 1. The van der Waals surface area contributed by atoms with Gasteiger partial charge < -0.3 is 9.73 Å². The molecule has 0 atom stereocenters. The molecule has 0 fully saturated rings. The zero-order valence-corrected chi connectivity index (χ0v) is 10.0. The summed E-state index contributed by atoms with van der Waals surface area (Å²) in [7, 11) is 1.88. The van der Waals surface area contributed by atoms with Crippen LogP contribution < -0.4 is 5.32 Å². The highest BCUT2D eigenvalue weighted by atomic mass is 35.5. The van der Waals surface area contributed by atoms with Gasteiger partial charge in [-0.3, -0.25) is 0 Å². The quantitative estimate of drug-likeness (QED) is 0.890. The van der Waals surface area contributed by atoms with E-state index in [2.05, 4.69) is 10.3 Å². The predicted molar refractivity (Wildman–Crippen MR) is 64.4 cm³/mol. The van der Waals surface area contributed by atoms with Crippen molar-refractivity contribution in [2.75, 3.05) is 7.05 Å². The topological polar surface area (TPSA) is 38.1 Å². The first-order valence-corrected chi connectivity index (χ1v) is 5.43. The average molecular weight is 237 g/mol. The van der Waals surface area contributed by atoms with Crippen LogP contribution in [0, 0.1) is 6.92 Å². The molecular formula is C12H13ClN2O. The number of hydrogen-bond donors (Lipinski definition) is 1. The maximum atomic E-state index is 6.02. The summed E-state index contributed by atoms with van der Waals surface area (Å²) in [6.45, 7) is 2.68. The standard InChI is InChI=1S/C12H13ClN2O/c1-8-3-9(5-10(13)4-8)12-11(6-14-2)15-7-16-12/h3-5,7,14H,6H2,1-2H3. The molecule has 0 unspecified atom stereocenters. The van der Waals surface area contributed by atoms with E-state index in [1.807, 2.05) is 32.2 Å². The second-order valence-corrected chi connectivity index (χ2v) is 4.11. The summed E-state index contributed by atoms with van der Waals surface area (Å²) in [5, 5.41) is 3.76. The van der Waals surface area contributed by atoms with Crippen molar-refractivity contribution in [1.82, 2.24) is 10.3 Å². The van der Waals surface area contributed by atoms with Gasteiger partial charge in [-0.05, 0) is 37.7 Å². The normalized spacial score (nSPS) is 10.7. The summed E-state index contributed by atoms with van der Waals surface area (Å²) in [6, 6.07) is 5.83. The lowest BCUT2D eigenvalue weighted by Crippen LogP contribution is -2.06. The van der Waals surface area contributed by atoms with Crippen LogP contribution in [0.5, 0.6) is 0 Å². The number of halogens is 1. The average Bonchev–Trinajstić information content (AvgIpc) is 2.65. The van der Waals surface area contributed by atoms with Crippen molar-refractivity contribution in [3.05, 3.63) is 40.9 Å². The first-order valence-electron chi connectivity index (χ1n) is 5.05. The van der Waals surface area contributed by atoms with Crippen molar-refractivity contribution in [2.24, 2.45) is 0 Å². The number of hydrogen-bond acceptors (Lipinski definition) is 3. The Morgan fingerprint density at radius 3 is 2.88 bits per heavy atom. The zero-order valence-electron chi connectivity index (χ0n) is 9.25. The Balaban J connectivity index is 2.45. The molecule has 84 valence electrons. The molecule has 0 amide bonds. The second kappa shape index (κ2) is 4.68. The number of nitrogens with one attached hydrogen (secondary N) is 1. The number of aryl methyl sites for hydroxylation is 1. The van der Waals surface area contributed by atoms with Crippen molar-refractivity contribution >= 4 is 11.6 Å². The first kappa shape index (κ1) is 11.2. The van der Waals surface area contributed by atoms with Crippen LogP contribution in [0.4, 0.5) is 0 Å². The number of benzene rings is 1. The summed E-state index contributed by atoms with van der Waals surface area (Å²) in [5.41, 5.74) is 2.96. The predicted octanol–water partition coefficient (Wildman–Crippen LogP) is 3.02. The molecule has 0 radical (unpaired) electrons. The summed E-state index contributed by atoms with van der Waals surface area (Å²) in [4.78, 5) is 4.17. The highest BCUT2D eigenvalue weighted by Gasteiger charge is 2.10. The maximum absolute atomic E-state index is 6.02. The zero-order chi connectivity index (χ0) is 11.5. The molecule has 0 aliphatic carbocycles. The van der Waals surface area contributed by atoms with Crippen molar-refractivity contribution in [1.29, 1.82) is 0 Å². The molecule has 0 saturated carbocycles. The molecule has 1 N–H and O–H groups in total. The molecule has 1 aromatic heterocycles. The van der Waals surface area contributed by atoms with Gasteiger partial charge in [0, 0.05) is 17.1 Å². The highest BCUT2D eigenvalue weighted by Crippen LogP contribution is 2.27. The van der Waals surface area contributed by atoms with E-state index in [4.69, 9.17) is 16.0 Å². The minimum absolute atomic E-state index is 0.678. The summed E-state index contributed by atoms with van der Waals surface area (Å²) in [6.07, 6.45) is 1.46. The SMILES string of the molecule is CNCc1ncoc1-c1cc(C)cc(Cl)c1. The van der Waals surface area contributed by atoms with Gasteiger partial charge in [0.1, 0.15) is 5.69 Å². The summed E-state index contributed by atoms with van der Waals surface area (Å²) < 4.78 is 5.40. The van der Waals surface area contributed by atoms with Crippen LogP contribution >= 0.6 is 11.6 Å². The van der Waals surface area contributed by atoms with Gasteiger partial charge in [-0.2, -0.15) is 0 Å². The van der Waals surface area contributed by atoms with Gasteiger partial charge in [-0.15, -0.1) is 0 Å². The fourth-order valence-corrected chi connectivity index (χ4v) is 1.95. The van der Waals surface area contributed by atoms with Gasteiger partial charge in [0.2, 0.25) is 0 Å². The van der Waals surface area contributed by atoms with E-state index in [0.29, 0.717) is 11.6 Å². The largest absolute Gasteiger partial charge is 0.443 e. The first-order chi connectivity index (χ1) is 7.70. The Bertz CT molecular complexity index is 473. The van der Waals surface area contributed by atoms with Crippen molar-refractivity contribution in [3.8, 4) is 11.3 Å². The van der Waals surface area contributed by atoms with E-state index in [1.54, 1.807) is 0 Å². The van der Waals surface area contributed by atoms with Gasteiger partial charge in [0.15, 0.2) is 12.2 Å². The lowest BCUT2D eigenvalue weighted by molar-refractivity contribution is 0.570. The van der Waals surface area contributed by atoms with Gasteiger partial charge in [0.25, 0.3) is 0 Å². The molecular weight excluding hydrogens is 224 g/mol. The molecule has 4 heteroatoms. The molecule has 2 rings (SSSR count). The molecule has 0 saturated heterocycles. The molecule has 16 heavy (non-hydrogen) atoms. The molecule has 0 aliphatic heterocycles. The fraction of sp³-hybridized carbons (Fsp3) is 0.250. The van der Waals surface area contributed by atoms with Crippen molar-refractivity contribution in [3.63, 3.8) is 0 Å². The Labute approximate surface area is 99.5 Å². The van der Waals surface area contributed by atoms with Crippen LogP contribution in [0.25, 0.3) is 11.3 Å². The smallest absolute Gasteiger partial charge is 0.181 e. The minimum atomic E-state index is 0.678. The Kier molecular flexibility index (Phi) is 3.27. The Hall–Kier alpha value is -1.32. The molecule has 0 aliphatic rings. The lowest BCUT2D eigenvalue weighted by Gasteiger charge is -2.03. The van der Waals surface area contributed by atoms with E-state index in [9.17, 15) is 0 Å². The maximum Gasteiger partial charge on any atom is 0.181 e. The van der Waals surface area contributed by atoms with Crippen LogP contribution in [0.2, 0.25) is 5.02 Å². The van der Waals surface area contributed by atoms with Gasteiger partial charge >= 0.3 is 0 Å². The van der Waals surface area contributed by atoms with E-state index < -0.39 is 0 Å². The molecule has 0 spiro atoms. The third-order valence-corrected chi connectivity index (χ3v) is 2.51. The van der Waals surface area contributed by atoms with Crippen LogP contribution in [-0.2, 0) is 6.54 Å². The number of aromatic nitrogens is 1. The van der Waals surface area contributed by atoms with E-state index in [-0.39, 0.29) is 0 Å². The monoisotopic (exact) mass is 236 g/mol. The van der Waals surface area contributed by atoms with Crippen molar-refractivity contribution in [2.45, 2.75) is 13.5 Å². The third kappa shape index (κ3) is 2.26. The van der Waals surface area contributed by atoms with Crippen LogP contribution in [0.3, 0.4) is 0 Å². The van der Waals surface area contributed by atoms with E-state index >= 15 is 0 Å². The van der Waals surface area contributed by atoms with Crippen LogP contribution in [0.15, 0.2) is 29.0 Å². The summed E-state index contributed by atoms with van der Waals surface area (Å²) in [5.74, 6) is 0.778. The molecule has 1 heterocycles. The lowest BCUT2D eigenvalue weighted by atomic mass is 10.1.